The van der Waals surface area contributed by atoms with Gasteiger partial charge in [0.25, 0.3) is 0 Å². The SMILES string of the molecule is FCOC(F)(F)C(F)CC(F)(F)F. The van der Waals surface area contributed by atoms with Gasteiger partial charge >= 0.3 is 12.3 Å². The molecule has 0 aliphatic carbocycles. The third kappa shape index (κ3) is 4.91. The number of alkyl halides is 7. The van der Waals surface area contributed by atoms with Crippen LogP contribution in [0.25, 0.3) is 0 Å². The second kappa shape index (κ2) is 4.12. The van der Waals surface area contributed by atoms with Gasteiger partial charge in [0.2, 0.25) is 0 Å². The van der Waals surface area contributed by atoms with Gasteiger partial charge in [0.1, 0.15) is 0 Å². The summed E-state index contributed by atoms with van der Waals surface area (Å²) in [6.45, 7) is -2.05. The highest BCUT2D eigenvalue weighted by Crippen LogP contribution is 2.32. The molecule has 1 nitrogen and oxygen atoms in total. The maximum Gasteiger partial charge on any atom is 0.392 e. The lowest BCUT2D eigenvalue weighted by Crippen LogP contribution is -2.36. The van der Waals surface area contributed by atoms with E-state index in [0.717, 1.165) is 0 Å². The molecule has 0 aromatic heterocycles. The molecular weight excluding hydrogens is 209 g/mol. The van der Waals surface area contributed by atoms with E-state index in [1.165, 1.54) is 0 Å². The Morgan fingerprint density at radius 3 is 1.85 bits per heavy atom. The Kier molecular flexibility index (Phi) is 3.95. The molecule has 0 aromatic rings. The average molecular weight is 214 g/mol. The summed E-state index contributed by atoms with van der Waals surface area (Å²) >= 11 is 0. The van der Waals surface area contributed by atoms with Crippen LogP contribution in [0, 0.1) is 0 Å². The number of ether oxygens (including phenoxy) is 1. The first-order valence-electron chi connectivity index (χ1n) is 2.97. The molecule has 0 radical (unpaired) electrons. The minimum Gasteiger partial charge on any atom is -0.286 e. The van der Waals surface area contributed by atoms with Crippen LogP contribution in [-0.2, 0) is 4.74 Å². The van der Waals surface area contributed by atoms with Crippen molar-refractivity contribution in [2.45, 2.75) is 24.9 Å². The van der Waals surface area contributed by atoms with E-state index in [0.29, 0.717) is 0 Å². The Morgan fingerprint density at radius 2 is 1.54 bits per heavy atom. The fourth-order valence-corrected chi connectivity index (χ4v) is 0.485. The van der Waals surface area contributed by atoms with E-state index >= 15 is 0 Å². The summed E-state index contributed by atoms with van der Waals surface area (Å²) in [5.41, 5.74) is 0. The predicted octanol–water partition coefficient (Wildman–Crippen LogP) is 2.81. The second-order valence-corrected chi connectivity index (χ2v) is 2.10. The molecule has 0 saturated heterocycles. The van der Waals surface area contributed by atoms with E-state index in [2.05, 4.69) is 4.74 Å². The Morgan fingerprint density at radius 1 is 1.08 bits per heavy atom. The zero-order valence-electron chi connectivity index (χ0n) is 6.05. The molecule has 0 aliphatic heterocycles. The van der Waals surface area contributed by atoms with Crippen LogP contribution in [0.5, 0.6) is 0 Å². The van der Waals surface area contributed by atoms with E-state index in [4.69, 9.17) is 0 Å². The molecule has 0 rings (SSSR count). The van der Waals surface area contributed by atoms with Gasteiger partial charge in [0.05, 0.1) is 6.42 Å². The van der Waals surface area contributed by atoms with Crippen LogP contribution in [0.1, 0.15) is 6.42 Å². The van der Waals surface area contributed by atoms with Gasteiger partial charge in [0.15, 0.2) is 13.0 Å². The highest BCUT2D eigenvalue weighted by molar-refractivity contribution is 4.70. The third-order valence-electron chi connectivity index (χ3n) is 1.02. The molecule has 1 unspecified atom stereocenters. The maximum absolute atomic E-state index is 12.1. The summed E-state index contributed by atoms with van der Waals surface area (Å²) in [6, 6.07) is 0. The smallest absolute Gasteiger partial charge is 0.286 e. The van der Waals surface area contributed by atoms with Crippen molar-refractivity contribution < 1.29 is 35.5 Å². The van der Waals surface area contributed by atoms with Crippen molar-refractivity contribution in [3.8, 4) is 0 Å². The van der Waals surface area contributed by atoms with E-state index in [9.17, 15) is 30.7 Å². The Labute approximate surface area is 68.5 Å². The standard InChI is InChI=1S/C5H5F7O/c6-2-13-5(11,12)3(7)1-4(8,9)10/h3H,1-2H2. The normalized spacial score (nSPS) is 15.9. The molecule has 8 heteroatoms. The lowest BCUT2D eigenvalue weighted by molar-refractivity contribution is -0.301. The van der Waals surface area contributed by atoms with Gasteiger partial charge in [0, 0.05) is 0 Å². The molecule has 80 valence electrons. The van der Waals surface area contributed by atoms with Gasteiger partial charge < -0.3 is 0 Å². The number of hydrogen-bond donors (Lipinski definition) is 0. The molecule has 0 amide bonds. The van der Waals surface area contributed by atoms with Crippen molar-refractivity contribution in [2.75, 3.05) is 6.86 Å². The quantitative estimate of drug-likeness (QED) is 0.654. The van der Waals surface area contributed by atoms with Crippen LogP contribution in [0.3, 0.4) is 0 Å². The monoisotopic (exact) mass is 214 g/mol. The number of rotatable bonds is 4. The largest absolute Gasteiger partial charge is 0.392 e. The lowest BCUT2D eigenvalue weighted by atomic mass is 10.2. The maximum atomic E-state index is 12.1. The lowest BCUT2D eigenvalue weighted by Gasteiger charge is -2.19. The van der Waals surface area contributed by atoms with Crippen LogP contribution in [-0.4, -0.2) is 25.3 Å². The van der Waals surface area contributed by atoms with Gasteiger partial charge in [-0.3, -0.25) is 4.74 Å². The number of hydrogen-bond acceptors (Lipinski definition) is 1. The van der Waals surface area contributed by atoms with Gasteiger partial charge in [-0.25, -0.2) is 8.78 Å². The van der Waals surface area contributed by atoms with Gasteiger partial charge in [-0.1, -0.05) is 0 Å². The Hall–Kier alpha value is -0.530. The molecule has 13 heavy (non-hydrogen) atoms. The van der Waals surface area contributed by atoms with E-state index in [1.54, 1.807) is 0 Å². The van der Waals surface area contributed by atoms with Crippen molar-refractivity contribution in [3.63, 3.8) is 0 Å². The molecule has 0 aromatic carbocycles. The molecule has 0 saturated carbocycles. The van der Waals surface area contributed by atoms with Crippen LogP contribution < -0.4 is 0 Å². The molecule has 0 aliphatic rings. The zero-order valence-corrected chi connectivity index (χ0v) is 6.05. The fraction of sp³-hybridized carbons (Fsp3) is 1.00. The second-order valence-electron chi connectivity index (χ2n) is 2.10. The highest BCUT2D eigenvalue weighted by Gasteiger charge is 2.48. The summed E-state index contributed by atoms with van der Waals surface area (Å²) < 4.78 is 84.2. The van der Waals surface area contributed by atoms with Crippen LogP contribution >= 0.6 is 0 Å². The van der Waals surface area contributed by atoms with Crippen molar-refractivity contribution in [2.24, 2.45) is 0 Å². The first-order valence-corrected chi connectivity index (χ1v) is 2.97. The molecule has 0 N–H and O–H groups in total. The Bertz CT molecular complexity index is 153. The van der Waals surface area contributed by atoms with E-state index in [-0.39, 0.29) is 0 Å². The van der Waals surface area contributed by atoms with Crippen molar-refractivity contribution in [1.82, 2.24) is 0 Å². The molecule has 0 fully saturated rings. The average Bonchev–Trinajstić information content (AvgIpc) is 1.82. The Balaban J connectivity index is 4.16. The minimum atomic E-state index is -5.08. The van der Waals surface area contributed by atoms with Crippen molar-refractivity contribution >= 4 is 0 Å². The van der Waals surface area contributed by atoms with Crippen molar-refractivity contribution in [3.05, 3.63) is 0 Å². The van der Waals surface area contributed by atoms with Gasteiger partial charge in [-0.15, -0.1) is 0 Å². The summed E-state index contributed by atoms with van der Waals surface area (Å²) in [7, 11) is 0. The molecule has 0 bridgehead atoms. The van der Waals surface area contributed by atoms with E-state index < -0.39 is 31.7 Å². The third-order valence-corrected chi connectivity index (χ3v) is 1.02. The predicted molar refractivity (Wildman–Crippen MR) is 27.6 cm³/mol. The number of halogens is 7. The van der Waals surface area contributed by atoms with Gasteiger partial charge in [-0.05, 0) is 0 Å². The first-order chi connectivity index (χ1) is 5.69. The molecule has 0 heterocycles. The summed E-state index contributed by atoms with van der Waals surface area (Å²) in [5, 5.41) is 0. The summed E-state index contributed by atoms with van der Waals surface area (Å²) in [4.78, 5) is 0. The van der Waals surface area contributed by atoms with Crippen LogP contribution in [0.4, 0.5) is 30.7 Å². The highest BCUT2D eigenvalue weighted by atomic mass is 19.4. The van der Waals surface area contributed by atoms with Crippen molar-refractivity contribution in [1.29, 1.82) is 0 Å². The summed E-state index contributed by atoms with van der Waals surface area (Å²) in [5.74, 6) is 0. The molecular formula is C5H5F7O. The van der Waals surface area contributed by atoms with E-state index in [1.807, 2.05) is 0 Å². The summed E-state index contributed by atoms with van der Waals surface area (Å²) in [6.07, 6.45) is -15.8. The topological polar surface area (TPSA) is 9.23 Å². The minimum absolute atomic E-state index is 2.05. The first kappa shape index (κ1) is 12.5. The zero-order chi connectivity index (χ0) is 10.7. The van der Waals surface area contributed by atoms with Crippen LogP contribution in [0.2, 0.25) is 0 Å². The molecule has 0 spiro atoms. The molecule has 1 atom stereocenters. The fourth-order valence-electron chi connectivity index (χ4n) is 0.485. The van der Waals surface area contributed by atoms with Gasteiger partial charge in [-0.2, -0.15) is 22.0 Å². The van der Waals surface area contributed by atoms with Crippen LogP contribution in [0.15, 0.2) is 0 Å².